The van der Waals surface area contributed by atoms with Crippen molar-refractivity contribution in [3.8, 4) is 0 Å². The van der Waals surface area contributed by atoms with Crippen LogP contribution < -0.4 is 0 Å². The average Bonchev–Trinajstić information content (AvgIpc) is 1.87. The van der Waals surface area contributed by atoms with Crippen molar-refractivity contribution in [1.82, 2.24) is 0 Å². The largest absolute Gasteiger partial charge is 0.116 e. The molecule has 1 aliphatic heterocycles. The van der Waals surface area contributed by atoms with Gasteiger partial charge in [-0.25, -0.2) is 0 Å². The number of hydrogen-bond donors (Lipinski definition) is 0. The lowest BCUT2D eigenvalue weighted by Crippen LogP contribution is -1.81. The Morgan fingerprint density at radius 2 is 1.57 bits per heavy atom. The first kappa shape index (κ1) is 5.56. The molecule has 3 atom stereocenters. The van der Waals surface area contributed by atoms with Crippen molar-refractivity contribution in [2.24, 2.45) is 0 Å². The summed E-state index contributed by atoms with van der Waals surface area (Å²) in [6.45, 7) is 4.73. The summed E-state index contributed by atoms with van der Waals surface area (Å²) >= 11 is 0. The fourth-order valence-corrected chi connectivity index (χ4v) is 2.79. The number of hydrogen-bond acceptors (Lipinski definition) is 0. The normalized spacial score (nSPS) is 45.4. The molecular weight excluding hydrogens is 103 g/mol. The Labute approximate surface area is 47.5 Å². The Balaban J connectivity index is 2.26. The predicted octanol–water partition coefficient (Wildman–Crippen LogP) is 2.24. The molecule has 0 radical (unpaired) electrons. The molecule has 1 saturated heterocycles. The van der Waals surface area contributed by atoms with Crippen molar-refractivity contribution in [3.05, 3.63) is 0 Å². The van der Waals surface area contributed by atoms with E-state index in [-0.39, 0.29) is 0 Å². The van der Waals surface area contributed by atoms with Gasteiger partial charge in [-0.3, -0.25) is 0 Å². The molecule has 0 aromatic rings. The molecular formula is C6H13P. The van der Waals surface area contributed by atoms with Crippen LogP contribution in [-0.4, -0.2) is 11.3 Å². The van der Waals surface area contributed by atoms with Gasteiger partial charge in [0.25, 0.3) is 0 Å². The van der Waals surface area contributed by atoms with Gasteiger partial charge in [-0.05, 0) is 24.2 Å². The topological polar surface area (TPSA) is 0 Å². The second kappa shape index (κ2) is 2.13. The summed E-state index contributed by atoms with van der Waals surface area (Å²) < 4.78 is 0. The smallest absolute Gasteiger partial charge is 0.0262 e. The molecule has 0 amide bonds. The predicted molar refractivity (Wildman–Crippen MR) is 36.5 cm³/mol. The summed E-state index contributed by atoms with van der Waals surface area (Å²) in [6.07, 6.45) is 2.97. The van der Waals surface area contributed by atoms with E-state index in [9.17, 15) is 0 Å². The van der Waals surface area contributed by atoms with E-state index < -0.39 is 0 Å². The third kappa shape index (κ3) is 1.42. The van der Waals surface area contributed by atoms with E-state index in [1.807, 2.05) is 0 Å². The molecule has 2 unspecified atom stereocenters. The minimum atomic E-state index is 1.05. The van der Waals surface area contributed by atoms with E-state index in [4.69, 9.17) is 0 Å². The molecule has 0 aliphatic carbocycles. The van der Waals surface area contributed by atoms with E-state index in [1.165, 1.54) is 21.4 Å². The first-order valence-corrected chi connectivity index (χ1v) is 4.20. The molecule has 1 heterocycles. The standard InChI is InChI=1S/C6H13P/c1-5-3-4-6(2)7-5/h5-7H,3-4H2,1-2H3/t5-,6?/m1/s1. The van der Waals surface area contributed by atoms with Crippen molar-refractivity contribution in [1.29, 1.82) is 0 Å². The highest BCUT2D eigenvalue weighted by Gasteiger charge is 2.15. The van der Waals surface area contributed by atoms with Gasteiger partial charge in [0, 0.05) is 0 Å². The summed E-state index contributed by atoms with van der Waals surface area (Å²) in [4.78, 5) is 0. The Morgan fingerprint density at radius 3 is 1.71 bits per heavy atom. The van der Waals surface area contributed by atoms with Crippen LogP contribution in [0.15, 0.2) is 0 Å². The molecule has 0 saturated carbocycles. The van der Waals surface area contributed by atoms with Gasteiger partial charge in [-0.15, -0.1) is 8.58 Å². The highest BCUT2D eigenvalue weighted by atomic mass is 31.1. The summed E-state index contributed by atoms with van der Waals surface area (Å²) in [6, 6.07) is 0. The van der Waals surface area contributed by atoms with Crippen molar-refractivity contribution in [3.63, 3.8) is 0 Å². The second-order valence-corrected chi connectivity index (χ2v) is 4.85. The van der Waals surface area contributed by atoms with Gasteiger partial charge in [0.15, 0.2) is 0 Å². The van der Waals surface area contributed by atoms with Crippen LogP contribution in [0.1, 0.15) is 26.7 Å². The molecule has 7 heavy (non-hydrogen) atoms. The van der Waals surface area contributed by atoms with Gasteiger partial charge in [0.05, 0.1) is 0 Å². The highest BCUT2D eigenvalue weighted by Crippen LogP contribution is 2.38. The van der Waals surface area contributed by atoms with Gasteiger partial charge in [-0.2, -0.15) is 0 Å². The van der Waals surface area contributed by atoms with Crippen LogP contribution in [0.2, 0.25) is 0 Å². The molecule has 0 aromatic carbocycles. The van der Waals surface area contributed by atoms with Gasteiger partial charge >= 0.3 is 0 Å². The molecule has 0 N–H and O–H groups in total. The molecule has 1 aliphatic rings. The molecule has 1 fully saturated rings. The van der Waals surface area contributed by atoms with E-state index in [1.54, 1.807) is 0 Å². The maximum absolute atomic E-state index is 2.36. The summed E-state index contributed by atoms with van der Waals surface area (Å²) in [5.41, 5.74) is 2.10. The van der Waals surface area contributed by atoms with Crippen LogP contribution in [-0.2, 0) is 0 Å². The SMILES string of the molecule is CC1CC[C@@H](C)P1. The van der Waals surface area contributed by atoms with Crippen LogP contribution in [0.5, 0.6) is 0 Å². The third-order valence-electron chi connectivity index (χ3n) is 1.60. The van der Waals surface area contributed by atoms with Gasteiger partial charge < -0.3 is 0 Å². The summed E-state index contributed by atoms with van der Waals surface area (Å²) in [5, 5.41) is 0. The average molecular weight is 116 g/mol. The van der Waals surface area contributed by atoms with E-state index in [0.717, 1.165) is 11.3 Å². The summed E-state index contributed by atoms with van der Waals surface area (Å²) in [7, 11) is 1.26. The zero-order chi connectivity index (χ0) is 5.28. The van der Waals surface area contributed by atoms with Crippen molar-refractivity contribution < 1.29 is 0 Å². The van der Waals surface area contributed by atoms with Gasteiger partial charge in [-0.1, -0.05) is 13.8 Å². The zero-order valence-electron chi connectivity index (χ0n) is 5.07. The molecule has 0 nitrogen and oxygen atoms in total. The minimum absolute atomic E-state index is 1.05. The highest BCUT2D eigenvalue weighted by molar-refractivity contribution is 7.40. The lowest BCUT2D eigenvalue weighted by Gasteiger charge is -1.97. The van der Waals surface area contributed by atoms with Gasteiger partial charge in [0.1, 0.15) is 0 Å². The first-order valence-electron chi connectivity index (χ1n) is 3.05. The second-order valence-electron chi connectivity index (χ2n) is 2.55. The maximum atomic E-state index is 2.36. The maximum Gasteiger partial charge on any atom is -0.0262 e. The molecule has 1 heteroatoms. The summed E-state index contributed by atoms with van der Waals surface area (Å²) in [5.74, 6) is 0. The Morgan fingerprint density at radius 1 is 1.14 bits per heavy atom. The molecule has 1 rings (SSSR count). The lowest BCUT2D eigenvalue weighted by atomic mass is 10.2. The van der Waals surface area contributed by atoms with Crippen LogP contribution in [0, 0.1) is 0 Å². The molecule has 0 bridgehead atoms. The Bertz CT molecular complexity index is 53.2. The van der Waals surface area contributed by atoms with Crippen molar-refractivity contribution >= 4 is 8.58 Å². The van der Waals surface area contributed by atoms with Crippen LogP contribution in [0.4, 0.5) is 0 Å². The minimum Gasteiger partial charge on any atom is -0.116 e. The first-order chi connectivity index (χ1) is 3.29. The molecule has 0 spiro atoms. The van der Waals surface area contributed by atoms with Crippen LogP contribution in [0.25, 0.3) is 0 Å². The molecule has 0 aromatic heterocycles. The monoisotopic (exact) mass is 116 g/mol. The fourth-order valence-electron chi connectivity index (χ4n) is 1.15. The quantitative estimate of drug-likeness (QED) is 0.426. The van der Waals surface area contributed by atoms with Crippen molar-refractivity contribution in [2.45, 2.75) is 38.0 Å². The van der Waals surface area contributed by atoms with E-state index in [0.29, 0.717) is 0 Å². The van der Waals surface area contributed by atoms with Gasteiger partial charge in [0.2, 0.25) is 0 Å². The Hall–Kier alpha value is 0.430. The van der Waals surface area contributed by atoms with E-state index in [2.05, 4.69) is 13.8 Å². The third-order valence-corrected chi connectivity index (χ3v) is 3.32. The zero-order valence-corrected chi connectivity index (χ0v) is 6.07. The Kier molecular flexibility index (Phi) is 1.69. The van der Waals surface area contributed by atoms with Crippen molar-refractivity contribution in [2.75, 3.05) is 0 Å². The molecule has 42 valence electrons. The lowest BCUT2D eigenvalue weighted by molar-refractivity contribution is 0.777. The van der Waals surface area contributed by atoms with Crippen LogP contribution >= 0.6 is 8.58 Å². The van der Waals surface area contributed by atoms with E-state index >= 15 is 0 Å². The fraction of sp³-hybridized carbons (Fsp3) is 1.00. The number of rotatable bonds is 0. The van der Waals surface area contributed by atoms with Crippen LogP contribution in [0.3, 0.4) is 0 Å².